The topological polar surface area (TPSA) is 28.4 Å². The van der Waals surface area contributed by atoms with Gasteiger partial charge < -0.3 is 9.73 Å². The van der Waals surface area contributed by atoms with Gasteiger partial charge in [-0.15, -0.1) is 0 Å². The van der Waals surface area contributed by atoms with E-state index in [1.807, 2.05) is 6.07 Å². The Morgan fingerprint density at radius 1 is 1.60 bits per heavy atom. The normalized spacial score (nSPS) is 10.9. The SMILES string of the molecule is C=C(CNCC)CN(C)Cc1ccoc1. The summed E-state index contributed by atoms with van der Waals surface area (Å²) < 4.78 is 5.02. The van der Waals surface area contributed by atoms with Crippen LogP contribution >= 0.6 is 0 Å². The van der Waals surface area contributed by atoms with Crippen molar-refractivity contribution in [1.29, 1.82) is 0 Å². The van der Waals surface area contributed by atoms with E-state index in [0.29, 0.717) is 0 Å². The molecule has 0 aliphatic heterocycles. The van der Waals surface area contributed by atoms with Crippen molar-refractivity contribution in [1.82, 2.24) is 10.2 Å². The quantitative estimate of drug-likeness (QED) is 0.693. The molecule has 0 amide bonds. The highest BCUT2D eigenvalue weighted by atomic mass is 16.3. The zero-order chi connectivity index (χ0) is 11.1. The number of rotatable bonds is 7. The Kier molecular flexibility index (Phi) is 5.15. The molecule has 0 atom stereocenters. The van der Waals surface area contributed by atoms with Crippen LogP contribution in [0.15, 0.2) is 35.2 Å². The molecule has 0 fully saturated rings. The number of hydrogen-bond acceptors (Lipinski definition) is 3. The van der Waals surface area contributed by atoms with Crippen LogP contribution in [0, 0.1) is 0 Å². The lowest BCUT2D eigenvalue weighted by molar-refractivity contribution is 0.350. The fraction of sp³-hybridized carbons (Fsp3) is 0.500. The molecule has 0 radical (unpaired) electrons. The molecular formula is C12H20N2O. The van der Waals surface area contributed by atoms with E-state index in [2.05, 4.69) is 30.8 Å². The summed E-state index contributed by atoms with van der Waals surface area (Å²) >= 11 is 0. The fourth-order valence-corrected chi connectivity index (χ4v) is 1.49. The predicted octanol–water partition coefficient (Wildman–Crippen LogP) is 1.88. The van der Waals surface area contributed by atoms with Gasteiger partial charge in [0.05, 0.1) is 12.5 Å². The average Bonchev–Trinajstić information content (AvgIpc) is 2.67. The van der Waals surface area contributed by atoms with Crippen LogP contribution in [0.2, 0.25) is 0 Å². The molecule has 0 spiro atoms. The maximum atomic E-state index is 5.02. The Bertz CT molecular complexity index is 280. The van der Waals surface area contributed by atoms with E-state index in [9.17, 15) is 0 Å². The van der Waals surface area contributed by atoms with Crippen LogP contribution in [0.25, 0.3) is 0 Å². The largest absolute Gasteiger partial charge is 0.472 e. The molecule has 0 saturated carbocycles. The number of nitrogens with one attached hydrogen (secondary N) is 1. The van der Waals surface area contributed by atoms with Gasteiger partial charge in [-0.3, -0.25) is 4.90 Å². The van der Waals surface area contributed by atoms with E-state index in [-0.39, 0.29) is 0 Å². The third-order valence-electron chi connectivity index (χ3n) is 2.15. The Hall–Kier alpha value is -1.06. The van der Waals surface area contributed by atoms with E-state index in [1.165, 1.54) is 11.1 Å². The molecule has 1 rings (SSSR count). The van der Waals surface area contributed by atoms with Crippen LogP contribution in [-0.4, -0.2) is 31.6 Å². The molecule has 0 aliphatic rings. The Morgan fingerprint density at radius 2 is 2.40 bits per heavy atom. The van der Waals surface area contributed by atoms with Gasteiger partial charge in [0.1, 0.15) is 0 Å². The number of hydrogen-bond donors (Lipinski definition) is 1. The molecule has 0 unspecified atom stereocenters. The number of furan rings is 1. The minimum Gasteiger partial charge on any atom is -0.472 e. The summed E-state index contributed by atoms with van der Waals surface area (Å²) in [5, 5.41) is 3.27. The van der Waals surface area contributed by atoms with Crippen LogP contribution in [-0.2, 0) is 6.54 Å². The molecule has 0 aliphatic carbocycles. The molecule has 0 aromatic carbocycles. The van der Waals surface area contributed by atoms with Gasteiger partial charge in [-0.25, -0.2) is 0 Å². The van der Waals surface area contributed by atoms with E-state index >= 15 is 0 Å². The summed E-state index contributed by atoms with van der Waals surface area (Å²) in [5.74, 6) is 0. The van der Waals surface area contributed by atoms with Crippen molar-refractivity contribution in [3.8, 4) is 0 Å². The predicted molar refractivity (Wildman–Crippen MR) is 62.7 cm³/mol. The van der Waals surface area contributed by atoms with Gasteiger partial charge >= 0.3 is 0 Å². The van der Waals surface area contributed by atoms with Gasteiger partial charge in [-0.05, 0) is 25.2 Å². The highest BCUT2D eigenvalue weighted by Gasteiger charge is 2.02. The molecule has 3 heteroatoms. The van der Waals surface area contributed by atoms with Crippen LogP contribution in [0.5, 0.6) is 0 Å². The molecule has 1 N–H and O–H groups in total. The van der Waals surface area contributed by atoms with Crippen molar-refractivity contribution in [2.75, 3.05) is 26.7 Å². The molecule has 0 saturated heterocycles. The van der Waals surface area contributed by atoms with Crippen molar-refractivity contribution in [3.63, 3.8) is 0 Å². The van der Waals surface area contributed by atoms with Crippen molar-refractivity contribution < 1.29 is 4.42 Å². The first-order valence-electron chi connectivity index (χ1n) is 5.29. The summed E-state index contributed by atoms with van der Waals surface area (Å²) in [6.07, 6.45) is 3.49. The molecule has 3 nitrogen and oxygen atoms in total. The lowest BCUT2D eigenvalue weighted by atomic mass is 10.2. The Labute approximate surface area is 91.8 Å². The molecule has 84 valence electrons. The molecular weight excluding hydrogens is 188 g/mol. The van der Waals surface area contributed by atoms with E-state index in [0.717, 1.165) is 26.2 Å². The lowest BCUT2D eigenvalue weighted by Crippen LogP contribution is -2.25. The van der Waals surface area contributed by atoms with Crippen LogP contribution in [0.1, 0.15) is 12.5 Å². The molecule has 1 aromatic heterocycles. The number of nitrogens with zero attached hydrogens (tertiary/aromatic N) is 1. The van der Waals surface area contributed by atoms with Crippen LogP contribution in [0.3, 0.4) is 0 Å². The monoisotopic (exact) mass is 208 g/mol. The highest BCUT2D eigenvalue weighted by molar-refractivity contribution is 5.06. The third kappa shape index (κ3) is 4.81. The first kappa shape index (κ1) is 12.0. The van der Waals surface area contributed by atoms with E-state index in [4.69, 9.17) is 4.42 Å². The maximum Gasteiger partial charge on any atom is 0.0947 e. The first-order valence-corrected chi connectivity index (χ1v) is 5.29. The molecule has 15 heavy (non-hydrogen) atoms. The van der Waals surface area contributed by atoms with Crippen molar-refractivity contribution in [2.45, 2.75) is 13.5 Å². The third-order valence-corrected chi connectivity index (χ3v) is 2.15. The van der Waals surface area contributed by atoms with Crippen molar-refractivity contribution in [2.24, 2.45) is 0 Å². The average molecular weight is 208 g/mol. The molecule has 1 heterocycles. The maximum absolute atomic E-state index is 5.02. The summed E-state index contributed by atoms with van der Waals surface area (Å²) in [4.78, 5) is 2.23. The second-order valence-corrected chi connectivity index (χ2v) is 3.83. The summed E-state index contributed by atoms with van der Waals surface area (Å²) in [7, 11) is 2.09. The molecule has 1 aromatic rings. The van der Waals surface area contributed by atoms with Gasteiger partial charge in [-0.2, -0.15) is 0 Å². The van der Waals surface area contributed by atoms with Gasteiger partial charge in [0.15, 0.2) is 0 Å². The molecule has 0 bridgehead atoms. The van der Waals surface area contributed by atoms with E-state index in [1.54, 1.807) is 12.5 Å². The van der Waals surface area contributed by atoms with Gasteiger partial charge in [0.2, 0.25) is 0 Å². The summed E-state index contributed by atoms with van der Waals surface area (Å²) in [6.45, 7) is 9.84. The minimum atomic E-state index is 0.895. The zero-order valence-corrected chi connectivity index (χ0v) is 9.62. The number of likely N-dealkylation sites (N-methyl/N-ethyl adjacent to an activating group) is 2. The lowest BCUT2D eigenvalue weighted by Gasteiger charge is -2.17. The van der Waals surface area contributed by atoms with Crippen molar-refractivity contribution >= 4 is 0 Å². The minimum absolute atomic E-state index is 0.895. The van der Waals surface area contributed by atoms with Gasteiger partial charge in [0.25, 0.3) is 0 Å². The second kappa shape index (κ2) is 6.43. The highest BCUT2D eigenvalue weighted by Crippen LogP contribution is 2.04. The van der Waals surface area contributed by atoms with Crippen LogP contribution < -0.4 is 5.32 Å². The summed E-state index contributed by atoms with van der Waals surface area (Å²) in [5.41, 5.74) is 2.41. The second-order valence-electron chi connectivity index (χ2n) is 3.83. The summed E-state index contributed by atoms with van der Waals surface area (Å²) in [6, 6.07) is 1.99. The van der Waals surface area contributed by atoms with Crippen molar-refractivity contribution in [3.05, 3.63) is 36.3 Å². The van der Waals surface area contributed by atoms with Gasteiger partial charge in [0, 0.05) is 25.2 Å². The standard InChI is InChI=1S/C12H20N2O/c1-4-13-7-11(2)8-14(3)9-12-5-6-15-10-12/h5-6,10,13H,2,4,7-9H2,1,3H3. The van der Waals surface area contributed by atoms with E-state index < -0.39 is 0 Å². The van der Waals surface area contributed by atoms with Crippen LogP contribution in [0.4, 0.5) is 0 Å². The first-order chi connectivity index (χ1) is 7.22. The Balaban J connectivity index is 2.23. The Morgan fingerprint density at radius 3 is 3.00 bits per heavy atom. The van der Waals surface area contributed by atoms with Gasteiger partial charge in [-0.1, -0.05) is 13.5 Å². The smallest absolute Gasteiger partial charge is 0.0947 e. The zero-order valence-electron chi connectivity index (χ0n) is 9.62. The fourth-order valence-electron chi connectivity index (χ4n) is 1.49.